The molecule has 0 aromatic carbocycles. The molecule has 4 atom stereocenters. The van der Waals surface area contributed by atoms with Gasteiger partial charge in [-0.1, -0.05) is 125 Å². The molecule has 15 rings (SSSR count). The first-order chi connectivity index (χ1) is 49.7. The average Bonchev–Trinajstić information content (AvgIpc) is 1.50. The summed E-state index contributed by atoms with van der Waals surface area (Å²) in [6.45, 7) is 53.6. The Balaban J connectivity index is 0.000000137. The summed E-state index contributed by atoms with van der Waals surface area (Å²) in [5.41, 5.74) is 45.5. The maximum Gasteiger partial charge on any atom is 0.208 e. The van der Waals surface area contributed by atoms with Crippen LogP contribution in [-0.4, -0.2) is 117 Å². The second kappa shape index (κ2) is 29.8. The predicted molar refractivity (Wildman–Crippen MR) is 427 cm³/mol. The normalized spacial score (nSPS) is 15.5. The lowest BCUT2D eigenvalue weighted by Gasteiger charge is -2.28. The first-order valence-electron chi connectivity index (χ1n) is 37.1. The number of terminal acetylenes is 1. The quantitative estimate of drug-likeness (QED) is 0.0731. The van der Waals surface area contributed by atoms with E-state index in [1.807, 2.05) is 42.0 Å². The Kier molecular flexibility index (Phi) is 22.0. The minimum atomic E-state index is 0.0870. The molecular weight excluding hydrogens is 1350 g/mol. The summed E-state index contributed by atoms with van der Waals surface area (Å²) < 4.78 is 12.4. The van der Waals surface area contributed by atoms with Crippen molar-refractivity contribution >= 4 is 102 Å². The summed E-state index contributed by atoms with van der Waals surface area (Å²) in [6, 6.07) is 1.13. The van der Waals surface area contributed by atoms with Crippen molar-refractivity contribution < 1.29 is 0 Å². The van der Waals surface area contributed by atoms with E-state index in [-0.39, 0.29) is 38.5 Å². The van der Waals surface area contributed by atoms with Crippen LogP contribution < -0.4 is 34.4 Å². The summed E-state index contributed by atoms with van der Waals surface area (Å²) >= 11 is 0. The first kappa shape index (κ1) is 79.2. The van der Waals surface area contributed by atoms with Crippen LogP contribution in [0.5, 0.6) is 0 Å². The van der Waals surface area contributed by atoms with E-state index in [1.165, 1.54) is 38.5 Å². The fraction of sp³-hybridized carbons (Fsp3) is 0.584. The lowest BCUT2D eigenvalue weighted by molar-refractivity contribution is 0.266. The first-order valence-corrected chi connectivity index (χ1v) is 37.1. The van der Waals surface area contributed by atoms with Crippen molar-refractivity contribution in [3.05, 3.63) is 72.9 Å². The molecule has 0 bridgehead atoms. The Morgan fingerprint density at radius 2 is 0.570 bits per heavy atom. The summed E-state index contributed by atoms with van der Waals surface area (Å²) in [4.78, 5) is 78.5. The third kappa shape index (κ3) is 18.6. The van der Waals surface area contributed by atoms with Crippen molar-refractivity contribution in [3.8, 4) is 12.3 Å². The van der Waals surface area contributed by atoms with E-state index in [2.05, 4.69) is 256 Å². The van der Waals surface area contributed by atoms with E-state index in [0.29, 0.717) is 110 Å². The number of fused-ring (bicyclic) bond motifs is 6. The molecule has 0 radical (unpaired) electrons. The van der Waals surface area contributed by atoms with Gasteiger partial charge < -0.3 is 61.8 Å². The lowest BCUT2D eigenvalue weighted by Crippen LogP contribution is -2.21. The van der Waals surface area contributed by atoms with Crippen LogP contribution in [0.1, 0.15) is 268 Å². The summed E-state index contributed by atoms with van der Waals surface area (Å²) in [5.74, 6) is 11.0. The number of rotatable bonds is 9. The minimum Gasteiger partial charge on any atom is -0.382 e. The maximum absolute atomic E-state index is 6.02. The summed E-state index contributed by atoms with van der Waals surface area (Å²) in [7, 11) is 0. The predicted octanol–water partition coefficient (Wildman–Crippen LogP) is 14.2. The van der Waals surface area contributed by atoms with Gasteiger partial charge in [0.1, 0.15) is 62.2 Å². The van der Waals surface area contributed by atoms with Gasteiger partial charge in [0.25, 0.3) is 0 Å². The van der Waals surface area contributed by atoms with Gasteiger partial charge in [0.15, 0.2) is 68.8 Å². The van der Waals surface area contributed by atoms with Gasteiger partial charge >= 0.3 is 0 Å². The molecule has 0 spiro atoms. The van der Waals surface area contributed by atoms with Gasteiger partial charge in [-0.25, -0.2) is 89.7 Å². The van der Waals surface area contributed by atoms with E-state index in [9.17, 15) is 0 Å². The van der Waals surface area contributed by atoms with Gasteiger partial charge in [-0.2, -0.15) is 0 Å². The number of aromatic nitrogens is 24. The third-order valence-electron chi connectivity index (χ3n) is 20.0. The number of nitrogens with zero attached hydrogens (tertiary/aromatic N) is 24. The Labute approximate surface area is 627 Å². The second-order valence-electron chi connectivity index (χ2n) is 35.8. The molecule has 3 fully saturated rings. The molecule has 0 aliphatic heterocycles. The zero-order valence-electron chi connectivity index (χ0n) is 67.4. The SMILES string of the molecule is C#Cc1nc(N)c2ncn([C@H](C)C(C)(C)C)c2n1.CC(C)(C)Cn1cnc2c(N)nc(C3CC3)nc21.C[C@@H](n1cnc2c(N)nc(C3CC3)nc21)C(C)(C)C.C[C@H](n1cnc2c(N)nc(C3CC3)nc21)C(C)(C)C.Cc1nc(N)c2ncn(CC(C)(C)C)c2n1.Cc1nc(N)c2ncn([C@@H](C)C(C)(C)C)c2n1. The van der Waals surface area contributed by atoms with Gasteiger partial charge in [0.2, 0.25) is 5.82 Å². The van der Waals surface area contributed by atoms with Crippen LogP contribution in [0.2, 0.25) is 0 Å². The van der Waals surface area contributed by atoms with Gasteiger partial charge in [-0.3, -0.25) is 0 Å². The number of nitrogens with two attached hydrogens (primary N) is 6. The van der Waals surface area contributed by atoms with Gasteiger partial charge in [0.05, 0.1) is 38.0 Å². The Hall–Kier alpha value is -10.3. The van der Waals surface area contributed by atoms with Gasteiger partial charge in [0, 0.05) is 55.0 Å². The van der Waals surface area contributed by atoms with Crippen LogP contribution in [-0.2, 0) is 13.1 Å². The molecule has 107 heavy (non-hydrogen) atoms. The van der Waals surface area contributed by atoms with Crippen molar-refractivity contribution in [3.63, 3.8) is 0 Å². The van der Waals surface area contributed by atoms with Crippen molar-refractivity contribution in [1.82, 2.24) is 117 Å². The molecule has 12 heterocycles. The van der Waals surface area contributed by atoms with E-state index >= 15 is 0 Å². The standard InChI is InChI=1S/2C14H21N5.C13H19N5.C13H17N5.C12H19N5.C11H17N5/c2*1-8(14(2,3)4)19-7-16-10-11(15)17-12(9-5-6-9)18-13(10)19;1-13(2,3)6-18-7-15-9-10(14)16-11(8-4-5-8)17-12(9)18;1-6-9-16-11(14)10-12(17-9)18(7-15-10)8(2)13(3,4)5;1-7(12(3,4)5)17-6-14-9-10(13)15-8(2)16-11(9)17;1-7-14-9(12)8-10(15-7)16(6-13-8)5-11(2,3)4/h2*7-9H,5-6H2,1-4H3,(H2,15,17,18);7-8H,4-6H2,1-3H3,(H2,14,16,17);1,7-8H,2-5H3,(H2,14,16,17);6-7H,1-5H3,(H2,13,15,16);6H,5H2,1-4H3,(H2,12,14,15)/t2*8-;;8-;7-;/m10.10./s1. The third-order valence-corrected chi connectivity index (χ3v) is 20.0. The Morgan fingerprint density at radius 1 is 0.336 bits per heavy atom. The summed E-state index contributed by atoms with van der Waals surface area (Å²) in [6.07, 6.45) is 23.2. The van der Waals surface area contributed by atoms with Gasteiger partial charge in [-0.05, 0) is 118 Å². The maximum atomic E-state index is 6.02. The monoisotopic (exact) mass is 1460 g/mol. The molecular formula is C77H114N30. The number of hydrogen-bond donors (Lipinski definition) is 6. The fourth-order valence-corrected chi connectivity index (χ4v) is 11.7. The molecule has 12 aromatic rings. The molecule has 3 saturated carbocycles. The minimum absolute atomic E-state index is 0.0870. The number of aryl methyl sites for hydroxylation is 2. The zero-order chi connectivity index (χ0) is 78.7. The molecule has 12 aromatic heterocycles. The van der Waals surface area contributed by atoms with Crippen molar-refractivity contribution in [1.29, 1.82) is 0 Å². The second-order valence-corrected chi connectivity index (χ2v) is 35.8. The molecule has 30 nitrogen and oxygen atoms in total. The lowest BCUT2D eigenvalue weighted by atomic mass is 9.88. The zero-order valence-corrected chi connectivity index (χ0v) is 67.4. The van der Waals surface area contributed by atoms with Crippen molar-refractivity contribution in [2.75, 3.05) is 34.4 Å². The number of anilines is 6. The molecule has 0 saturated heterocycles. The highest BCUT2D eigenvalue weighted by Crippen LogP contribution is 2.43. The largest absolute Gasteiger partial charge is 0.382 e. The van der Waals surface area contributed by atoms with Crippen LogP contribution in [0.15, 0.2) is 38.0 Å². The van der Waals surface area contributed by atoms with Crippen LogP contribution in [0.25, 0.3) is 67.0 Å². The van der Waals surface area contributed by atoms with Gasteiger partial charge in [-0.15, -0.1) is 6.42 Å². The molecule has 0 amide bonds. The topological polar surface area (TPSA) is 418 Å². The molecule has 30 heteroatoms. The molecule has 572 valence electrons. The average molecular weight is 1460 g/mol. The van der Waals surface area contributed by atoms with Crippen molar-refractivity contribution in [2.24, 2.45) is 32.5 Å². The van der Waals surface area contributed by atoms with E-state index < -0.39 is 0 Å². The molecule has 12 N–H and O–H groups in total. The highest BCUT2D eigenvalue weighted by molar-refractivity contribution is 5.85. The highest BCUT2D eigenvalue weighted by Gasteiger charge is 2.34. The Bertz CT molecular complexity index is 5080. The van der Waals surface area contributed by atoms with Crippen molar-refractivity contribution in [2.45, 2.75) is 260 Å². The van der Waals surface area contributed by atoms with Crippen LogP contribution in [0.3, 0.4) is 0 Å². The number of nitrogen functional groups attached to an aromatic ring is 6. The number of imidazole rings is 6. The molecule has 3 aliphatic carbocycles. The van der Waals surface area contributed by atoms with E-state index in [0.717, 1.165) is 75.3 Å². The molecule has 0 unspecified atom stereocenters. The summed E-state index contributed by atoms with van der Waals surface area (Å²) in [5, 5.41) is 0. The van der Waals surface area contributed by atoms with E-state index in [1.54, 1.807) is 19.0 Å². The molecule has 3 aliphatic rings. The fourth-order valence-electron chi connectivity index (χ4n) is 11.7. The number of hydrogen-bond acceptors (Lipinski definition) is 24. The van der Waals surface area contributed by atoms with E-state index in [4.69, 9.17) is 50.8 Å². The van der Waals surface area contributed by atoms with Crippen LogP contribution >= 0.6 is 0 Å². The highest BCUT2D eigenvalue weighted by atomic mass is 15.2. The smallest absolute Gasteiger partial charge is 0.208 e. The van der Waals surface area contributed by atoms with Crippen LogP contribution in [0, 0.1) is 58.7 Å². The van der Waals surface area contributed by atoms with Crippen LogP contribution in [0.4, 0.5) is 34.9 Å². The Morgan fingerprint density at radius 3 is 0.850 bits per heavy atom.